The van der Waals surface area contributed by atoms with Crippen LogP contribution in [0.15, 0.2) is 65.1 Å². The predicted molar refractivity (Wildman–Crippen MR) is 98.0 cm³/mol. The zero-order chi connectivity index (χ0) is 18.5. The van der Waals surface area contributed by atoms with Crippen molar-refractivity contribution in [3.05, 3.63) is 71.8 Å². The van der Waals surface area contributed by atoms with Gasteiger partial charge in [-0.05, 0) is 30.7 Å². The zero-order valence-electron chi connectivity index (χ0n) is 14.3. The standard InChI is InChI=1S/C21H16F3NO/c1-13-7-3-4-11-17(13)25(2)18-12-6-9-15-14-8-5-10-16(21(22,23)24)19(14)26-20(15)18/h3-12H,1-2H3. The molecule has 0 amide bonds. The molecule has 4 aromatic rings. The number of hydrogen-bond donors (Lipinski definition) is 0. The molecule has 0 radical (unpaired) electrons. The van der Waals surface area contributed by atoms with Crippen LogP contribution in [-0.2, 0) is 6.18 Å². The van der Waals surface area contributed by atoms with Crippen LogP contribution in [0.1, 0.15) is 11.1 Å². The number of benzene rings is 3. The zero-order valence-corrected chi connectivity index (χ0v) is 14.3. The first kappa shape index (κ1) is 16.5. The molecule has 0 saturated heterocycles. The minimum Gasteiger partial charge on any atom is -0.453 e. The van der Waals surface area contributed by atoms with Crippen LogP contribution in [0, 0.1) is 6.92 Å². The third kappa shape index (κ3) is 2.51. The fraction of sp³-hybridized carbons (Fsp3) is 0.143. The Balaban J connectivity index is 1.99. The number of hydrogen-bond acceptors (Lipinski definition) is 2. The molecule has 0 bridgehead atoms. The van der Waals surface area contributed by atoms with Crippen molar-refractivity contribution in [2.75, 3.05) is 11.9 Å². The van der Waals surface area contributed by atoms with Gasteiger partial charge >= 0.3 is 6.18 Å². The average molecular weight is 355 g/mol. The lowest BCUT2D eigenvalue weighted by atomic mass is 10.1. The molecule has 0 saturated carbocycles. The Morgan fingerprint density at radius 2 is 1.38 bits per heavy atom. The predicted octanol–water partition coefficient (Wildman–Crippen LogP) is 6.68. The molecule has 0 unspecified atom stereocenters. The topological polar surface area (TPSA) is 16.4 Å². The van der Waals surface area contributed by atoms with Crippen molar-refractivity contribution in [1.29, 1.82) is 0 Å². The number of halogens is 3. The van der Waals surface area contributed by atoms with E-state index in [1.807, 2.05) is 55.3 Å². The van der Waals surface area contributed by atoms with Gasteiger partial charge in [0.05, 0.1) is 11.3 Å². The Bertz CT molecular complexity index is 1110. The second kappa shape index (κ2) is 5.80. The van der Waals surface area contributed by atoms with E-state index < -0.39 is 11.7 Å². The van der Waals surface area contributed by atoms with Crippen molar-refractivity contribution in [3.63, 3.8) is 0 Å². The van der Waals surface area contributed by atoms with Crippen molar-refractivity contribution >= 4 is 33.3 Å². The molecule has 3 aromatic carbocycles. The number of rotatable bonds is 2. The first-order valence-electron chi connectivity index (χ1n) is 8.19. The Kier molecular flexibility index (Phi) is 3.68. The summed E-state index contributed by atoms with van der Waals surface area (Å²) in [6.45, 7) is 1.99. The number of furan rings is 1. The second-order valence-electron chi connectivity index (χ2n) is 6.28. The third-order valence-electron chi connectivity index (χ3n) is 4.65. The summed E-state index contributed by atoms with van der Waals surface area (Å²) in [5.41, 5.74) is 2.33. The molecule has 0 atom stereocenters. The lowest BCUT2D eigenvalue weighted by Gasteiger charge is -2.21. The van der Waals surface area contributed by atoms with Crippen LogP contribution in [0.25, 0.3) is 21.9 Å². The highest BCUT2D eigenvalue weighted by molar-refractivity contribution is 6.10. The number of para-hydroxylation sites is 3. The van der Waals surface area contributed by atoms with Gasteiger partial charge in [-0.1, -0.05) is 42.5 Å². The van der Waals surface area contributed by atoms with E-state index in [4.69, 9.17) is 4.42 Å². The van der Waals surface area contributed by atoms with Crippen LogP contribution >= 0.6 is 0 Å². The van der Waals surface area contributed by atoms with E-state index in [0.717, 1.165) is 23.0 Å². The largest absolute Gasteiger partial charge is 0.453 e. The number of nitrogens with zero attached hydrogens (tertiary/aromatic N) is 1. The van der Waals surface area contributed by atoms with Crippen LogP contribution in [-0.4, -0.2) is 7.05 Å². The SMILES string of the molecule is Cc1ccccc1N(C)c1cccc2c1oc1c(C(F)(F)F)cccc12. The summed E-state index contributed by atoms with van der Waals surface area (Å²) in [5.74, 6) is 0. The van der Waals surface area contributed by atoms with Gasteiger partial charge < -0.3 is 9.32 Å². The molecule has 0 N–H and O–H groups in total. The summed E-state index contributed by atoms with van der Waals surface area (Å²) in [4.78, 5) is 1.94. The molecule has 0 spiro atoms. The summed E-state index contributed by atoms with van der Waals surface area (Å²) in [5, 5.41) is 1.14. The Morgan fingerprint density at radius 1 is 0.769 bits per heavy atom. The van der Waals surface area contributed by atoms with Crippen LogP contribution in [0.5, 0.6) is 0 Å². The molecule has 26 heavy (non-hydrogen) atoms. The lowest BCUT2D eigenvalue weighted by molar-refractivity contribution is -0.136. The van der Waals surface area contributed by atoms with Crippen molar-refractivity contribution in [2.45, 2.75) is 13.1 Å². The molecule has 0 aliphatic rings. The van der Waals surface area contributed by atoms with Gasteiger partial charge in [0, 0.05) is 23.5 Å². The summed E-state index contributed by atoms with van der Waals surface area (Å²) in [6, 6.07) is 17.4. The second-order valence-corrected chi connectivity index (χ2v) is 6.28. The maximum Gasteiger partial charge on any atom is 0.420 e. The van der Waals surface area contributed by atoms with Gasteiger partial charge in [-0.15, -0.1) is 0 Å². The van der Waals surface area contributed by atoms with Gasteiger partial charge in [0.2, 0.25) is 0 Å². The monoisotopic (exact) mass is 355 g/mol. The van der Waals surface area contributed by atoms with Gasteiger partial charge in [0.15, 0.2) is 5.58 Å². The molecule has 5 heteroatoms. The van der Waals surface area contributed by atoms with Gasteiger partial charge in [-0.3, -0.25) is 0 Å². The molecule has 1 heterocycles. The minimum atomic E-state index is -4.46. The fourth-order valence-corrected chi connectivity index (χ4v) is 3.36. The number of alkyl halides is 3. The molecule has 0 fully saturated rings. The summed E-state index contributed by atoms with van der Waals surface area (Å²) in [6.07, 6.45) is -4.46. The molecule has 0 aliphatic carbocycles. The Morgan fingerprint density at radius 3 is 2.08 bits per heavy atom. The summed E-state index contributed by atoms with van der Waals surface area (Å²) >= 11 is 0. The number of aryl methyl sites for hydroxylation is 1. The van der Waals surface area contributed by atoms with E-state index in [9.17, 15) is 13.2 Å². The molecule has 1 aromatic heterocycles. The van der Waals surface area contributed by atoms with E-state index in [1.165, 1.54) is 6.07 Å². The van der Waals surface area contributed by atoms with Crippen LogP contribution < -0.4 is 4.90 Å². The molecular weight excluding hydrogens is 339 g/mol. The Labute approximate surface area is 148 Å². The molecule has 4 rings (SSSR count). The van der Waals surface area contributed by atoms with E-state index >= 15 is 0 Å². The highest BCUT2D eigenvalue weighted by atomic mass is 19.4. The normalized spacial score (nSPS) is 12.0. The van der Waals surface area contributed by atoms with Crippen molar-refractivity contribution in [3.8, 4) is 0 Å². The van der Waals surface area contributed by atoms with Crippen molar-refractivity contribution in [1.82, 2.24) is 0 Å². The van der Waals surface area contributed by atoms with E-state index in [1.54, 1.807) is 12.1 Å². The van der Waals surface area contributed by atoms with Crippen LogP contribution in [0.4, 0.5) is 24.5 Å². The first-order chi connectivity index (χ1) is 12.4. The van der Waals surface area contributed by atoms with E-state index in [2.05, 4.69) is 0 Å². The smallest absolute Gasteiger partial charge is 0.420 e. The Hall–Kier alpha value is -2.95. The summed E-state index contributed by atoms with van der Waals surface area (Å²) in [7, 11) is 1.88. The molecule has 0 aliphatic heterocycles. The van der Waals surface area contributed by atoms with E-state index in [0.29, 0.717) is 16.4 Å². The van der Waals surface area contributed by atoms with Gasteiger partial charge in [0.25, 0.3) is 0 Å². The molecule has 2 nitrogen and oxygen atoms in total. The van der Waals surface area contributed by atoms with E-state index in [-0.39, 0.29) is 5.58 Å². The summed E-state index contributed by atoms with van der Waals surface area (Å²) < 4.78 is 45.8. The maximum absolute atomic E-state index is 13.4. The average Bonchev–Trinajstić information content (AvgIpc) is 2.99. The molecular formula is C21H16F3NO. The fourth-order valence-electron chi connectivity index (χ4n) is 3.36. The quantitative estimate of drug-likeness (QED) is 0.399. The maximum atomic E-state index is 13.4. The number of anilines is 2. The van der Waals surface area contributed by atoms with Gasteiger partial charge in [-0.25, -0.2) is 0 Å². The minimum absolute atomic E-state index is 0.124. The lowest BCUT2D eigenvalue weighted by Crippen LogP contribution is -2.10. The highest BCUT2D eigenvalue weighted by Gasteiger charge is 2.34. The van der Waals surface area contributed by atoms with Crippen LogP contribution in [0.2, 0.25) is 0 Å². The first-order valence-corrected chi connectivity index (χ1v) is 8.19. The molecule has 132 valence electrons. The van der Waals surface area contributed by atoms with Crippen molar-refractivity contribution in [2.24, 2.45) is 0 Å². The van der Waals surface area contributed by atoms with Gasteiger partial charge in [0.1, 0.15) is 5.58 Å². The van der Waals surface area contributed by atoms with Crippen LogP contribution in [0.3, 0.4) is 0 Å². The van der Waals surface area contributed by atoms with Crippen molar-refractivity contribution < 1.29 is 17.6 Å². The van der Waals surface area contributed by atoms with Gasteiger partial charge in [-0.2, -0.15) is 13.2 Å². The number of fused-ring (bicyclic) bond motifs is 3. The third-order valence-corrected chi connectivity index (χ3v) is 4.65. The highest BCUT2D eigenvalue weighted by Crippen LogP contribution is 2.42.